The van der Waals surface area contributed by atoms with E-state index in [2.05, 4.69) is 6.92 Å². The minimum Gasteiger partial charge on any atom is -0.466 e. The highest BCUT2D eigenvalue weighted by Gasteiger charge is 2.05. The highest BCUT2D eigenvalue weighted by molar-refractivity contribution is 8.14. The first-order valence-electron chi connectivity index (χ1n) is 12.8. The van der Waals surface area contributed by atoms with Crippen molar-refractivity contribution >= 4 is 22.8 Å². The molecule has 180 valence electrons. The first-order valence-corrected chi connectivity index (χ1v) is 13.8. The molecule has 0 aromatic heterocycles. The number of thioether (sulfide) groups is 1. The van der Waals surface area contributed by atoms with Gasteiger partial charge in [-0.3, -0.25) is 9.59 Å². The molecule has 0 saturated carbocycles. The molecule has 0 aliphatic carbocycles. The van der Waals surface area contributed by atoms with Crippen LogP contribution < -0.4 is 0 Å². The molecule has 0 rings (SSSR count). The van der Waals surface area contributed by atoms with Crippen molar-refractivity contribution in [3.05, 3.63) is 24.3 Å². The third-order valence-electron chi connectivity index (χ3n) is 5.35. The molecule has 0 N–H and O–H groups in total. The quantitative estimate of drug-likeness (QED) is 0.0714. The van der Waals surface area contributed by atoms with Crippen molar-refractivity contribution in [1.29, 1.82) is 0 Å². The molecule has 0 aliphatic heterocycles. The Bertz CT molecular complexity index is 471. The Hall–Kier alpha value is -1.03. The zero-order chi connectivity index (χ0) is 22.8. The van der Waals surface area contributed by atoms with Crippen molar-refractivity contribution in [2.45, 2.75) is 123 Å². The second-order valence-corrected chi connectivity index (χ2v) is 9.43. The fraction of sp³-hybridized carbons (Fsp3) is 0.778. The number of carbonyl (C=O) groups is 2. The summed E-state index contributed by atoms with van der Waals surface area (Å²) in [4.78, 5) is 23.2. The molecule has 0 heterocycles. The summed E-state index contributed by atoms with van der Waals surface area (Å²) >= 11 is 1.16. The van der Waals surface area contributed by atoms with Gasteiger partial charge in [0, 0.05) is 5.75 Å². The number of hydrogen-bond donors (Lipinski definition) is 0. The number of ether oxygens (including phenoxy) is 1. The van der Waals surface area contributed by atoms with Crippen molar-refractivity contribution < 1.29 is 14.3 Å². The number of allylic oxidation sites excluding steroid dienone is 3. The van der Waals surface area contributed by atoms with Crippen LogP contribution in [0.4, 0.5) is 0 Å². The largest absolute Gasteiger partial charge is 0.466 e. The fourth-order valence-electron chi connectivity index (χ4n) is 3.44. The van der Waals surface area contributed by atoms with E-state index in [0.29, 0.717) is 18.8 Å². The van der Waals surface area contributed by atoms with E-state index >= 15 is 0 Å². The van der Waals surface area contributed by atoms with Crippen LogP contribution in [0.15, 0.2) is 24.3 Å². The van der Waals surface area contributed by atoms with Crippen LogP contribution in [0.3, 0.4) is 0 Å². The van der Waals surface area contributed by atoms with E-state index < -0.39 is 0 Å². The lowest BCUT2D eigenvalue weighted by atomic mass is 10.0. The molecule has 0 aliphatic rings. The van der Waals surface area contributed by atoms with Gasteiger partial charge in [0.05, 0.1) is 13.0 Å². The average Bonchev–Trinajstić information content (AvgIpc) is 2.76. The maximum absolute atomic E-state index is 11.7. The molecule has 0 bridgehead atoms. The summed E-state index contributed by atoms with van der Waals surface area (Å²) in [6.45, 7) is 4.69. The summed E-state index contributed by atoms with van der Waals surface area (Å²) in [7, 11) is 0. The van der Waals surface area contributed by atoms with Gasteiger partial charge in [-0.05, 0) is 19.4 Å². The van der Waals surface area contributed by atoms with Crippen molar-refractivity contribution in [3.63, 3.8) is 0 Å². The van der Waals surface area contributed by atoms with E-state index in [0.717, 1.165) is 24.6 Å². The van der Waals surface area contributed by atoms with Crippen LogP contribution in [-0.2, 0) is 14.3 Å². The average molecular weight is 453 g/mol. The lowest BCUT2D eigenvalue weighted by Crippen LogP contribution is -2.07. The standard InChI is InChI=1S/C27H48O3S/c1-3-5-7-8-9-10-11-12-13-14-15-16-17-18-19-21-24-30-26(28)23-25-31-27(29)22-20-6-4-2/h4,6,20,22H,3,5,7-19,21,23-25H2,1-2H3. The van der Waals surface area contributed by atoms with Crippen LogP contribution >= 0.6 is 11.8 Å². The Morgan fingerprint density at radius 2 is 1.19 bits per heavy atom. The van der Waals surface area contributed by atoms with Gasteiger partial charge in [0.2, 0.25) is 5.12 Å². The minimum atomic E-state index is -0.196. The Labute approximate surface area is 196 Å². The van der Waals surface area contributed by atoms with E-state index in [1.165, 1.54) is 96.0 Å². The molecular weight excluding hydrogens is 404 g/mol. The summed E-state index contributed by atoms with van der Waals surface area (Å²) in [6, 6.07) is 0. The molecule has 4 heteroatoms. The van der Waals surface area contributed by atoms with Gasteiger partial charge in [-0.2, -0.15) is 0 Å². The Balaban J connectivity index is 3.25. The summed E-state index contributed by atoms with van der Waals surface area (Å²) in [5, 5.41) is -0.0243. The molecule has 0 saturated heterocycles. The van der Waals surface area contributed by atoms with Crippen LogP contribution in [0, 0.1) is 0 Å². The van der Waals surface area contributed by atoms with E-state index in [9.17, 15) is 9.59 Å². The molecule has 0 unspecified atom stereocenters. The predicted octanol–water partition coefficient (Wildman–Crippen LogP) is 8.57. The number of unbranched alkanes of at least 4 members (excludes halogenated alkanes) is 15. The maximum Gasteiger partial charge on any atom is 0.306 e. The molecule has 0 radical (unpaired) electrons. The summed E-state index contributed by atoms with van der Waals surface area (Å²) in [5.74, 6) is 0.287. The molecule has 0 fully saturated rings. The lowest BCUT2D eigenvalue weighted by molar-refractivity contribution is -0.143. The molecule has 0 atom stereocenters. The summed E-state index contributed by atoms with van der Waals surface area (Å²) < 4.78 is 5.25. The zero-order valence-electron chi connectivity index (χ0n) is 20.4. The number of esters is 1. The van der Waals surface area contributed by atoms with Gasteiger partial charge in [0.25, 0.3) is 0 Å². The lowest BCUT2D eigenvalue weighted by Gasteiger charge is -2.05. The van der Waals surface area contributed by atoms with Crippen LogP contribution in [0.5, 0.6) is 0 Å². The van der Waals surface area contributed by atoms with Gasteiger partial charge < -0.3 is 4.74 Å². The second kappa shape index (κ2) is 25.2. The van der Waals surface area contributed by atoms with Crippen molar-refractivity contribution in [2.24, 2.45) is 0 Å². The summed E-state index contributed by atoms with van der Waals surface area (Å²) in [6.07, 6.45) is 28.6. The highest BCUT2D eigenvalue weighted by Crippen LogP contribution is 2.14. The molecular formula is C27H48O3S. The second-order valence-electron chi connectivity index (χ2n) is 8.33. The Kier molecular flexibility index (Phi) is 24.4. The predicted molar refractivity (Wildman–Crippen MR) is 137 cm³/mol. The third-order valence-corrected chi connectivity index (χ3v) is 6.18. The SMILES string of the molecule is CC=CC=CC(=O)SCCC(=O)OCCCCCCCCCCCCCCCCCC. The number of rotatable bonds is 22. The van der Waals surface area contributed by atoms with Gasteiger partial charge >= 0.3 is 5.97 Å². The highest BCUT2D eigenvalue weighted by atomic mass is 32.2. The van der Waals surface area contributed by atoms with E-state index in [4.69, 9.17) is 4.74 Å². The molecule has 0 aromatic carbocycles. The van der Waals surface area contributed by atoms with E-state index in [1.807, 2.05) is 19.1 Å². The van der Waals surface area contributed by atoms with E-state index in [-0.39, 0.29) is 11.1 Å². The van der Waals surface area contributed by atoms with Gasteiger partial charge in [0.1, 0.15) is 0 Å². The topological polar surface area (TPSA) is 43.4 Å². The van der Waals surface area contributed by atoms with Gasteiger partial charge in [-0.15, -0.1) is 0 Å². The Morgan fingerprint density at radius 1 is 0.710 bits per heavy atom. The minimum absolute atomic E-state index is 0.0243. The molecule has 0 aromatic rings. The molecule has 0 spiro atoms. The molecule has 3 nitrogen and oxygen atoms in total. The first-order chi connectivity index (χ1) is 15.2. The van der Waals surface area contributed by atoms with Gasteiger partial charge in [0.15, 0.2) is 0 Å². The normalized spacial score (nSPS) is 11.5. The van der Waals surface area contributed by atoms with Crippen molar-refractivity contribution in [1.82, 2.24) is 0 Å². The monoisotopic (exact) mass is 452 g/mol. The zero-order valence-corrected chi connectivity index (χ0v) is 21.2. The van der Waals surface area contributed by atoms with Crippen molar-refractivity contribution in [2.75, 3.05) is 12.4 Å². The maximum atomic E-state index is 11.7. The van der Waals surface area contributed by atoms with E-state index in [1.54, 1.807) is 6.08 Å². The summed E-state index contributed by atoms with van der Waals surface area (Å²) in [5.41, 5.74) is 0. The number of hydrogen-bond acceptors (Lipinski definition) is 4. The van der Waals surface area contributed by atoms with Gasteiger partial charge in [-0.25, -0.2) is 0 Å². The van der Waals surface area contributed by atoms with Crippen LogP contribution in [0.1, 0.15) is 123 Å². The third kappa shape index (κ3) is 25.1. The smallest absolute Gasteiger partial charge is 0.306 e. The van der Waals surface area contributed by atoms with Crippen LogP contribution in [-0.4, -0.2) is 23.4 Å². The number of carbonyl (C=O) groups excluding carboxylic acids is 2. The first kappa shape index (κ1) is 30.0. The fourth-order valence-corrected chi connectivity index (χ4v) is 4.08. The molecule has 0 amide bonds. The van der Waals surface area contributed by atoms with Crippen LogP contribution in [0.25, 0.3) is 0 Å². The Morgan fingerprint density at radius 3 is 1.68 bits per heavy atom. The van der Waals surface area contributed by atoms with Crippen molar-refractivity contribution in [3.8, 4) is 0 Å². The van der Waals surface area contributed by atoms with Crippen LogP contribution in [0.2, 0.25) is 0 Å². The van der Waals surface area contributed by atoms with Gasteiger partial charge in [-0.1, -0.05) is 133 Å². The molecule has 31 heavy (non-hydrogen) atoms.